The topological polar surface area (TPSA) is 40.5 Å². The van der Waals surface area contributed by atoms with E-state index < -0.39 is 0 Å². The minimum atomic E-state index is -0.0616. The highest BCUT2D eigenvalue weighted by molar-refractivity contribution is 6.31. The largest absolute Gasteiger partial charge is 0.394 e. The van der Waals surface area contributed by atoms with Crippen molar-refractivity contribution < 1.29 is 9.90 Å². The number of aliphatic hydroxyl groups is 1. The van der Waals surface area contributed by atoms with Gasteiger partial charge in [0, 0.05) is 17.1 Å². The molecule has 1 aliphatic rings. The van der Waals surface area contributed by atoms with E-state index in [4.69, 9.17) is 11.6 Å². The molecule has 1 heterocycles. The number of aliphatic hydroxyl groups excluding tert-OH is 1. The summed E-state index contributed by atoms with van der Waals surface area (Å²) >= 11 is 5.96. The number of amides is 1. The number of rotatable bonds is 2. The van der Waals surface area contributed by atoms with Gasteiger partial charge in [0.15, 0.2) is 0 Å². The van der Waals surface area contributed by atoms with Crippen LogP contribution in [0.15, 0.2) is 18.2 Å². The Kier molecular flexibility index (Phi) is 3.93. The van der Waals surface area contributed by atoms with Crippen LogP contribution >= 0.6 is 11.6 Å². The third-order valence-electron chi connectivity index (χ3n) is 3.74. The molecule has 1 aromatic carbocycles. The van der Waals surface area contributed by atoms with Crippen molar-refractivity contribution in [1.82, 2.24) is 4.90 Å². The SMILES string of the molecule is Cc1cc(C(=O)N2CCC(C)C2CO)ccc1Cl. The second kappa shape index (κ2) is 5.29. The van der Waals surface area contributed by atoms with Crippen molar-refractivity contribution in [2.75, 3.05) is 13.2 Å². The average molecular weight is 268 g/mol. The second-order valence-corrected chi connectivity index (χ2v) is 5.39. The third kappa shape index (κ3) is 2.38. The normalized spacial score (nSPS) is 23.4. The van der Waals surface area contributed by atoms with Crippen LogP contribution in [-0.2, 0) is 0 Å². The highest BCUT2D eigenvalue weighted by Gasteiger charge is 2.34. The number of likely N-dealkylation sites (tertiary alicyclic amines) is 1. The van der Waals surface area contributed by atoms with Gasteiger partial charge < -0.3 is 10.0 Å². The molecule has 1 amide bonds. The molecule has 0 radical (unpaired) electrons. The Morgan fingerprint density at radius 2 is 2.28 bits per heavy atom. The average Bonchev–Trinajstić information content (AvgIpc) is 2.73. The summed E-state index contributed by atoms with van der Waals surface area (Å²) in [6, 6.07) is 5.24. The van der Waals surface area contributed by atoms with Crippen LogP contribution in [-0.4, -0.2) is 35.1 Å². The molecule has 2 rings (SSSR count). The van der Waals surface area contributed by atoms with Crippen molar-refractivity contribution in [3.63, 3.8) is 0 Å². The standard InChI is InChI=1S/C14H18ClNO2/c1-9-5-6-16(13(9)8-17)14(18)11-3-4-12(15)10(2)7-11/h3-4,7,9,13,17H,5-6,8H2,1-2H3. The number of hydrogen-bond acceptors (Lipinski definition) is 2. The number of aryl methyl sites for hydroxylation is 1. The first kappa shape index (κ1) is 13.4. The van der Waals surface area contributed by atoms with Crippen LogP contribution in [0.1, 0.15) is 29.3 Å². The molecule has 0 saturated carbocycles. The van der Waals surface area contributed by atoms with Gasteiger partial charge in [0.2, 0.25) is 0 Å². The zero-order valence-corrected chi connectivity index (χ0v) is 11.4. The molecule has 4 heteroatoms. The van der Waals surface area contributed by atoms with Gasteiger partial charge >= 0.3 is 0 Å². The number of nitrogens with zero attached hydrogens (tertiary/aromatic N) is 1. The lowest BCUT2D eigenvalue weighted by Gasteiger charge is -2.25. The molecule has 0 bridgehead atoms. The molecule has 0 aromatic heterocycles. The highest BCUT2D eigenvalue weighted by Crippen LogP contribution is 2.26. The van der Waals surface area contributed by atoms with Crippen LogP contribution in [0, 0.1) is 12.8 Å². The molecular formula is C14H18ClNO2. The molecule has 1 N–H and O–H groups in total. The van der Waals surface area contributed by atoms with E-state index in [1.165, 1.54) is 0 Å². The Bertz CT molecular complexity index is 461. The van der Waals surface area contributed by atoms with Crippen molar-refractivity contribution in [3.8, 4) is 0 Å². The number of halogens is 1. The quantitative estimate of drug-likeness (QED) is 0.894. The summed E-state index contributed by atoms with van der Waals surface area (Å²) in [4.78, 5) is 14.2. The smallest absolute Gasteiger partial charge is 0.254 e. The van der Waals surface area contributed by atoms with Crippen LogP contribution in [0.25, 0.3) is 0 Å². The molecule has 1 saturated heterocycles. The lowest BCUT2D eigenvalue weighted by Crippen LogP contribution is -2.39. The number of carbonyl (C=O) groups is 1. The minimum Gasteiger partial charge on any atom is -0.394 e. The van der Waals surface area contributed by atoms with Crippen LogP contribution in [0.3, 0.4) is 0 Å². The van der Waals surface area contributed by atoms with E-state index in [-0.39, 0.29) is 18.6 Å². The van der Waals surface area contributed by atoms with Crippen molar-refractivity contribution in [2.24, 2.45) is 5.92 Å². The fraction of sp³-hybridized carbons (Fsp3) is 0.500. The predicted octanol–water partition coefficient (Wildman–Crippen LogP) is 2.49. The Hall–Kier alpha value is -1.06. The van der Waals surface area contributed by atoms with Crippen molar-refractivity contribution in [1.29, 1.82) is 0 Å². The fourth-order valence-corrected chi connectivity index (χ4v) is 2.60. The van der Waals surface area contributed by atoms with Gasteiger partial charge in [-0.1, -0.05) is 18.5 Å². The molecule has 0 aliphatic carbocycles. The fourth-order valence-electron chi connectivity index (χ4n) is 2.48. The molecule has 1 fully saturated rings. The van der Waals surface area contributed by atoms with E-state index in [9.17, 15) is 9.90 Å². The van der Waals surface area contributed by atoms with E-state index in [1.807, 2.05) is 13.0 Å². The first-order valence-electron chi connectivity index (χ1n) is 6.22. The molecule has 18 heavy (non-hydrogen) atoms. The van der Waals surface area contributed by atoms with E-state index in [2.05, 4.69) is 6.92 Å². The number of hydrogen-bond donors (Lipinski definition) is 1. The molecule has 1 aromatic rings. The maximum Gasteiger partial charge on any atom is 0.254 e. The maximum absolute atomic E-state index is 12.4. The summed E-state index contributed by atoms with van der Waals surface area (Å²) in [5.41, 5.74) is 1.54. The lowest BCUT2D eigenvalue weighted by atomic mass is 10.0. The van der Waals surface area contributed by atoms with Gasteiger partial charge in [0.1, 0.15) is 0 Å². The van der Waals surface area contributed by atoms with Crippen LogP contribution < -0.4 is 0 Å². The summed E-state index contributed by atoms with van der Waals surface area (Å²) in [7, 11) is 0. The van der Waals surface area contributed by atoms with E-state index in [0.717, 1.165) is 12.0 Å². The monoisotopic (exact) mass is 267 g/mol. The molecule has 3 nitrogen and oxygen atoms in total. The summed E-state index contributed by atoms with van der Waals surface area (Å²) in [5, 5.41) is 10.1. The van der Waals surface area contributed by atoms with E-state index in [0.29, 0.717) is 23.0 Å². The third-order valence-corrected chi connectivity index (χ3v) is 4.16. The van der Waals surface area contributed by atoms with Gasteiger partial charge in [-0.2, -0.15) is 0 Å². The number of carbonyl (C=O) groups excluding carboxylic acids is 1. The zero-order valence-electron chi connectivity index (χ0n) is 10.7. The van der Waals surface area contributed by atoms with Gasteiger partial charge in [-0.05, 0) is 43.0 Å². The minimum absolute atomic E-state index is 0.0156. The Morgan fingerprint density at radius 1 is 1.56 bits per heavy atom. The van der Waals surface area contributed by atoms with Crippen LogP contribution in [0.5, 0.6) is 0 Å². The van der Waals surface area contributed by atoms with Crippen molar-refractivity contribution in [3.05, 3.63) is 34.3 Å². The highest BCUT2D eigenvalue weighted by atomic mass is 35.5. The Balaban J connectivity index is 2.23. The lowest BCUT2D eigenvalue weighted by molar-refractivity contribution is 0.0648. The number of benzene rings is 1. The van der Waals surface area contributed by atoms with Gasteiger partial charge in [0.05, 0.1) is 12.6 Å². The van der Waals surface area contributed by atoms with Crippen molar-refractivity contribution in [2.45, 2.75) is 26.3 Å². The molecular weight excluding hydrogens is 250 g/mol. The first-order chi connectivity index (χ1) is 8.54. The molecule has 1 aliphatic heterocycles. The molecule has 2 unspecified atom stereocenters. The van der Waals surface area contributed by atoms with E-state index >= 15 is 0 Å². The van der Waals surface area contributed by atoms with Crippen LogP contribution in [0.2, 0.25) is 5.02 Å². The summed E-state index contributed by atoms with van der Waals surface area (Å²) in [6.07, 6.45) is 0.948. The van der Waals surface area contributed by atoms with Gasteiger partial charge in [-0.15, -0.1) is 0 Å². The molecule has 0 spiro atoms. The van der Waals surface area contributed by atoms with Gasteiger partial charge in [0.25, 0.3) is 5.91 Å². The Labute approximate surface area is 112 Å². The summed E-state index contributed by atoms with van der Waals surface area (Å²) in [6.45, 7) is 4.70. The zero-order chi connectivity index (χ0) is 13.3. The molecule has 98 valence electrons. The maximum atomic E-state index is 12.4. The van der Waals surface area contributed by atoms with Gasteiger partial charge in [-0.3, -0.25) is 4.79 Å². The van der Waals surface area contributed by atoms with Crippen molar-refractivity contribution >= 4 is 17.5 Å². The van der Waals surface area contributed by atoms with Gasteiger partial charge in [-0.25, -0.2) is 0 Å². The Morgan fingerprint density at radius 3 is 2.89 bits per heavy atom. The van der Waals surface area contributed by atoms with Crippen LogP contribution in [0.4, 0.5) is 0 Å². The van der Waals surface area contributed by atoms with E-state index in [1.54, 1.807) is 17.0 Å². The summed E-state index contributed by atoms with van der Waals surface area (Å²) in [5.74, 6) is 0.338. The second-order valence-electron chi connectivity index (χ2n) is 4.98. The summed E-state index contributed by atoms with van der Waals surface area (Å²) < 4.78 is 0. The predicted molar refractivity (Wildman–Crippen MR) is 71.9 cm³/mol. The molecule has 2 atom stereocenters. The first-order valence-corrected chi connectivity index (χ1v) is 6.60.